The number of piperazine rings is 2. The minimum absolute atomic E-state index is 0. The van der Waals surface area contributed by atoms with Crippen LogP contribution in [0.3, 0.4) is 0 Å². The quantitative estimate of drug-likeness (QED) is 0.429. The first-order valence-corrected chi connectivity index (χ1v) is 12.1. The van der Waals surface area contributed by atoms with E-state index < -0.39 is 0 Å². The third-order valence-corrected chi connectivity index (χ3v) is 6.93. The first-order chi connectivity index (χ1) is 15.1. The van der Waals surface area contributed by atoms with Gasteiger partial charge in [-0.05, 0) is 44.5 Å². The van der Waals surface area contributed by atoms with Crippen LogP contribution in [0.5, 0.6) is 0 Å². The standard InChI is InChI=1S/C27H40N4.4ClH/c1-24-4-8-26(9-5-24)22-30-18-14-28(15-19-30)12-3-13-29-16-20-31(21-17-29)23-27-10-6-25(2)7-11-27;;;;/h4-11H,3,12-23H2,1-2H3;4*1H. The lowest BCUT2D eigenvalue weighted by molar-refractivity contribution is 0.106. The Hall–Kier alpha value is -0.560. The number of hydrogen-bond donors (Lipinski definition) is 0. The van der Waals surface area contributed by atoms with Crippen LogP contribution in [0.1, 0.15) is 28.7 Å². The molecular formula is C27H44Cl4N4. The summed E-state index contributed by atoms with van der Waals surface area (Å²) in [5.74, 6) is 0. The molecule has 200 valence electrons. The van der Waals surface area contributed by atoms with Gasteiger partial charge in [-0.25, -0.2) is 0 Å². The summed E-state index contributed by atoms with van der Waals surface area (Å²) in [6, 6.07) is 18.0. The SMILES string of the molecule is Cc1ccc(CN2CCN(CCCN3CCN(Cc4ccc(C)cc4)CC3)CC2)cc1.Cl.Cl.Cl.Cl. The second kappa shape index (κ2) is 17.8. The first-order valence-electron chi connectivity index (χ1n) is 12.1. The Morgan fingerprint density at radius 2 is 0.743 bits per heavy atom. The predicted octanol–water partition coefficient (Wildman–Crippen LogP) is 5.32. The lowest BCUT2D eigenvalue weighted by atomic mass is 10.1. The summed E-state index contributed by atoms with van der Waals surface area (Å²) in [6.45, 7) is 18.7. The molecule has 2 aromatic carbocycles. The van der Waals surface area contributed by atoms with Gasteiger partial charge in [-0.15, -0.1) is 49.6 Å². The van der Waals surface area contributed by atoms with Gasteiger partial charge < -0.3 is 9.80 Å². The Bertz CT molecular complexity index is 720. The van der Waals surface area contributed by atoms with Crippen molar-refractivity contribution in [2.75, 3.05) is 65.4 Å². The van der Waals surface area contributed by atoms with E-state index in [0.29, 0.717) is 0 Å². The van der Waals surface area contributed by atoms with Crippen molar-refractivity contribution in [3.05, 3.63) is 70.8 Å². The van der Waals surface area contributed by atoms with Gasteiger partial charge in [0.1, 0.15) is 0 Å². The van der Waals surface area contributed by atoms with Crippen molar-refractivity contribution in [3.8, 4) is 0 Å². The van der Waals surface area contributed by atoms with Gasteiger partial charge in [0.15, 0.2) is 0 Å². The molecule has 0 unspecified atom stereocenters. The molecule has 2 fully saturated rings. The zero-order valence-corrected chi connectivity index (χ0v) is 24.5. The maximum absolute atomic E-state index is 2.67. The maximum Gasteiger partial charge on any atom is 0.0234 e. The molecule has 2 aromatic rings. The molecule has 0 radical (unpaired) electrons. The Kier molecular flexibility index (Phi) is 17.5. The van der Waals surface area contributed by atoms with E-state index in [4.69, 9.17) is 0 Å². The smallest absolute Gasteiger partial charge is 0.0234 e. The monoisotopic (exact) mass is 564 g/mol. The van der Waals surface area contributed by atoms with E-state index in [1.165, 1.54) is 94.1 Å². The van der Waals surface area contributed by atoms with E-state index in [0.717, 1.165) is 13.1 Å². The zero-order valence-electron chi connectivity index (χ0n) is 21.2. The van der Waals surface area contributed by atoms with Gasteiger partial charge in [-0.1, -0.05) is 59.7 Å². The van der Waals surface area contributed by atoms with Crippen LogP contribution in [0, 0.1) is 13.8 Å². The van der Waals surface area contributed by atoms with Crippen LogP contribution >= 0.6 is 49.6 Å². The van der Waals surface area contributed by atoms with Gasteiger partial charge in [0.25, 0.3) is 0 Å². The molecule has 2 aliphatic rings. The number of hydrogen-bond acceptors (Lipinski definition) is 4. The second-order valence-electron chi connectivity index (χ2n) is 9.56. The largest absolute Gasteiger partial charge is 0.301 e. The third kappa shape index (κ3) is 11.6. The highest BCUT2D eigenvalue weighted by Crippen LogP contribution is 2.12. The van der Waals surface area contributed by atoms with Gasteiger partial charge in [-0.3, -0.25) is 9.80 Å². The number of benzene rings is 2. The van der Waals surface area contributed by atoms with Gasteiger partial charge in [0, 0.05) is 65.4 Å². The van der Waals surface area contributed by atoms with E-state index in [2.05, 4.69) is 82.0 Å². The molecule has 2 heterocycles. The lowest BCUT2D eigenvalue weighted by Gasteiger charge is -2.37. The fourth-order valence-corrected chi connectivity index (χ4v) is 4.76. The zero-order chi connectivity index (χ0) is 21.5. The number of nitrogens with zero attached hydrogens (tertiary/aromatic N) is 4. The fraction of sp³-hybridized carbons (Fsp3) is 0.556. The molecule has 0 atom stereocenters. The number of aryl methyl sites for hydroxylation is 2. The van der Waals surface area contributed by atoms with Crippen LogP contribution in [-0.2, 0) is 13.1 Å². The summed E-state index contributed by atoms with van der Waals surface area (Å²) in [4.78, 5) is 10.5. The molecule has 0 amide bonds. The molecule has 4 nitrogen and oxygen atoms in total. The van der Waals surface area contributed by atoms with E-state index in [9.17, 15) is 0 Å². The average Bonchev–Trinajstić information content (AvgIpc) is 2.79. The van der Waals surface area contributed by atoms with E-state index >= 15 is 0 Å². The van der Waals surface area contributed by atoms with E-state index in [1.54, 1.807) is 0 Å². The average molecular weight is 566 g/mol. The predicted molar refractivity (Wildman–Crippen MR) is 159 cm³/mol. The lowest BCUT2D eigenvalue weighted by Crippen LogP contribution is -2.48. The van der Waals surface area contributed by atoms with Crippen molar-refractivity contribution in [1.29, 1.82) is 0 Å². The van der Waals surface area contributed by atoms with Crippen LogP contribution in [0.15, 0.2) is 48.5 Å². The number of halogens is 4. The summed E-state index contributed by atoms with van der Waals surface area (Å²) < 4.78 is 0. The first kappa shape index (κ1) is 34.4. The molecule has 0 saturated carbocycles. The minimum atomic E-state index is 0. The van der Waals surface area contributed by atoms with Gasteiger partial charge in [-0.2, -0.15) is 0 Å². The highest BCUT2D eigenvalue weighted by atomic mass is 35.5. The van der Waals surface area contributed by atoms with Crippen LogP contribution < -0.4 is 0 Å². The maximum atomic E-state index is 2.67. The third-order valence-electron chi connectivity index (χ3n) is 6.93. The molecule has 4 rings (SSSR count). The van der Waals surface area contributed by atoms with Crippen molar-refractivity contribution < 1.29 is 0 Å². The van der Waals surface area contributed by atoms with Gasteiger partial charge in [0.2, 0.25) is 0 Å². The van der Waals surface area contributed by atoms with Crippen LogP contribution in [0.25, 0.3) is 0 Å². The molecule has 2 saturated heterocycles. The molecule has 0 bridgehead atoms. The topological polar surface area (TPSA) is 13.0 Å². The summed E-state index contributed by atoms with van der Waals surface area (Å²) in [5.41, 5.74) is 5.59. The van der Waals surface area contributed by atoms with Crippen molar-refractivity contribution >= 4 is 49.6 Å². The molecule has 0 aromatic heterocycles. The molecule has 0 N–H and O–H groups in total. The summed E-state index contributed by atoms with van der Waals surface area (Å²) in [7, 11) is 0. The molecule has 0 aliphatic carbocycles. The molecular weight excluding hydrogens is 522 g/mol. The van der Waals surface area contributed by atoms with E-state index in [1.807, 2.05) is 0 Å². The minimum Gasteiger partial charge on any atom is -0.301 e. The summed E-state index contributed by atoms with van der Waals surface area (Å²) >= 11 is 0. The Morgan fingerprint density at radius 1 is 0.457 bits per heavy atom. The highest BCUT2D eigenvalue weighted by Gasteiger charge is 2.19. The highest BCUT2D eigenvalue weighted by molar-refractivity contribution is 5.86. The van der Waals surface area contributed by atoms with Crippen molar-refractivity contribution in [3.63, 3.8) is 0 Å². The molecule has 35 heavy (non-hydrogen) atoms. The normalized spacial score (nSPS) is 17.4. The fourth-order valence-electron chi connectivity index (χ4n) is 4.76. The van der Waals surface area contributed by atoms with Gasteiger partial charge in [0.05, 0.1) is 0 Å². The van der Waals surface area contributed by atoms with Crippen molar-refractivity contribution in [1.82, 2.24) is 19.6 Å². The summed E-state index contributed by atoms with van der Waals surface area (Å²) in [5, 5.41) is 0. The van der Waals surface area contributed by atoms with Crippen LogP contribution in [0.2, 0.25) is 0 Å². The molecule has 2 aliphatic heterocycles. The molecule has 0 spiro atoms. The van der Waals surface area contributed by atoms with Crippen molar-refractivity contribution in [2.24, 2.45) is 0 Å². The van der Waals surface area contributed by atoms with E-state index in [-0.39, 0.29) is 49.6 Å². The Labute approximate surface area is 238 Å². The Morgan fingerprint density at radius 3 is 1.06 bits per heavy atom. The summed E-state index contributed by atoms with van der Waals surface area (Å²) in [6.07, 6.45) is 1.30. The second-order valence-corrected chi connectivity index (χ2v) is 9.56. The molecule has 8 heteroatoms. The van der Waals surface area contributed by atoms with Crippen LogP contribution in [-0.4, -0.2) is 85.0 Å². The Balaban J connectivity index is 0.00000289. The number of rotatable bonds is 8. The van der Waals surface area contributed by atoms with Crippen molar-refractivity contribution in [2.45, 2.75) is 33.4 Å². The van der Waals surface area contributed by atoms with Gasteiger partial charge >= 0.3 is 0 Å². The van der Waals surface area contributed by atoms with Crippen LogP contribution in [0.4, 0.5) is 0 Å².